The van der Waals surface area contributed by atoms with E-state index >= 15 is 0 Å². The minimum Gasteiger partial charge on any atom is -0.205 e. The first kappa shape index (κ1) is 13.2. The van der Waals surface area contributed by atoms with Crippen molar-refractivity contribution in [1.82, 2.24) is 0 Å². The maximum Gasteiger partial charge on any atom is 0.144 e. The predicted molar refractivity (Wildman–Crippen MR) is 71.3 cm³/mol. The Labute approximate surface area is 112 Å². The molecule has 0 spiro atoms. The maximum absolute atomic E-state index is 13.8. The topological polar surface area (TPSA) is 0 Å². The molecule has 94 valence electrons. The van der Waals surface area contributed by atoms with Crippen molar-refractivity contribution < 1.29 is 4.39 Å². The summed E-state index contributed by atoms with van der Waals surface area (Å²) in [5.74, 6) is 0.780. The van der Waals surface area contributed by atoms with E-state index in [4.69, 9.17) is 23.2 Å². The molecular formula is C14H17Cl2F. The molecule has 3 heteroatoms. The number of hydrogen-bond acceptors (Lipinski definition) is 0. The van der Waals surface area contributed by atoms with E-state index < -0.39 is 0 Å². The van der Waals surface area contributed by atoms with Crippen LogP contribution in [0.4, 0.5) is 4.39 Å². The number of alkyl halides is 1. The average molecular weight is 275 g/mol. The number of benzene rings is 1. The second-order valence-corrected chi connectivity index (χ2v) is 6.08. The average Bonchev–Trinajstić information content (AvgIpc) is 2.30. The van der Waals surface area contributed by atoms with E-state index in [2.05, 4.69) is 6.92 Å². The summed E-state index contributed by atoms with van der Waals surface area (Å²) in [5.41, 5.74) is 0.697. The Morgan fingerprint density at radius 1 is 1.35 bits per heavy atom. The number of hydrogen-bond donors (Lipinski definition) is 0. The van der Waals surface area contributed by atoms with Gasteiger partial charge in [0, 0.05) is 5.38 Å². The van der Waals surface area contributed by atoms with E-state index in [0.717, 1.165) is 12.8 Å². The Morgan fingerprint density at radius 2 is 2.12 bits per heavy atom. The summed E-state index contributed by atoms with van der Waals surface area (Å²) in [6.07, 6.45) is 4.00. The second kappa shape index (κ2) is 5.58. The van der Waals surface area contributed by atoms with Crippen molar-refractivity contribution in [1.29, 1.82) is 0 Å². The third-order valence-corrected chi connectivity index (χ3v) is 4.53. The van der Waals surface area contributed by atoms with E-state index in [9.17, 15) is 4.39 Å². The molecule has 3 atom stereocenters. The van der Waals surface area contributed by atoms with E-state index in [0.29, 0.717) is 23.8 Å². The van der Waals surface area contributed by atoms with Gasteiger partial charge in [0.15, 0.2) is 0 Å². The maximum atomic E-state index is 13.8. The van der Waals surface area contributed by atoms with Gasteiger partial charge in [-0.3, -0.25) is 0 Å². The minimum atomic E-state index is -0.281. The lowest BCUT2D eigenvalue weighted by atomic mass is 9.79. The molecule has 0 bridgehead atoms. The fraction of sp³-hybridized carbons (Fsp3) is 0.571. The van der Waals surface area contributed by atoms with Crippen molar-refractivity contribution in [3.63, 3.8) is 0 Å². The summed E-state index contributed by atoms with van der Waals surface area (Å²) in [7, 11) is 0. The first-order chi connectivity index (χ1) is 8.08. The van der Waals surface area contributed by atoms with Gasteiger partial charge >= 0.3 is 0 Å². The second-order valence-electron chi connectivity index (χ2n) is 5.11. The highest BCUT2D eigenvalue weighted by atomic mass is 35.5. The molecule has 17 heavy (non-hydrogen) atoms. The van der Waals surface area contributed by atoms with Gasteiger partial charge in [0.2, 0.25) is 0 Å². The van der Waals surface area contributed by atoms with Crippen LogP contribution in [0.15, 0.2) is 18.2 Å². The van der Waals surface area contributed by atoms with Crippen molar-refractivity contribution in [2.45, 2.75) is 38.0 Å². The lowest BCUT2D eigenvalue weighted by molar-refractivity contribution is 0.285. The zero-order valence-electron chi connectivity index (χ0n) is 9.93. The Kier molecular flexibility index (Phi) is 4.32. The molecule has 0 radical (unpaired) electrons. The first-order valence-corrected chi connectivity index (χ1v) is 6.96. The van der Waals surface area contributed by atoms with Crippen LogP contribution in [0.1, 0.15) is 31.7 Å². The van der Waals surface area contributed by atoms with Gasteiger partial charge < -0.3 is 0 Å². The SMILES string of the molecule is CC1CCC(Cl)C(Cc2cccc(Cl)c2F)C1. The summed E-state index contributed by atoms with van der Waals surface area (Å²) < 4.78 is 13.8. The zero-order valence-corrected chi connectivity index (χ0v) is 11.4. The summed E-state index contributed by atoms with van der Waals surface area (Å²) in [5, 5.41) is 0.377. The van der Waals surface area contributed by atoms with Crippen LogP contribution >= 0.6 is 23.2 Å². The van der Waals surface area contributed by atoms with Gasteiger partial charge in [0.05, 0.1) is 5.02 Å². The third-order valence-electron chi connectivity index (χ3n) is 3.67. The fourth-order valence-corrected chi connectivity index (χ4v) is 3.17. The molecule has 0 aliphatic heterocycles. The Hall–Kier alpha value is -0.270. The van der Waals surface area contributed by atoms with Crippen LogP contribution in [0.5, 0.6) is 0 Å². The van der Waals surface area contributed by atoms with Crippen LogP contribution in [-0.4, -0.2) is 5.38 Å². The molecule has 2 rings (SSSR count). The molecule has 1 aromatic rings. The molecule has 0 aromatic heterocycles. The molecule has 0 amide bonds. The molecule has 0 saturated heterocycles. The van der Waals surface area contributed by atoms with Crippen LogP contribution in [0, 0.1) is 17.7 Å². The largest absolute Gasteiger partial charge is 0.205 e. The van der Waals surface area contributed by atoms with E-state index in [1.54, 1.807) is 12.1 Å². The monoisotopic (exact) mass is 274 g/mol. The van der Waals surface area contributed by atoms with Crippen molar-refractivity contribution in [2.75, 3.05) is 0 Å². The van der Waals surface area contributed by atoms with Crippen LogP contribution in [0.3, 0.4) is 0 Å². The van der Waals surface area contributed by atoms with Gasteiger partial charge in [-0.05, 0) is 49.1 Å². The Balaban J connectivity index is 2.11. The molecule has 0 N–H and O–H groups in total. The number of halogens is 3. The third kappa shape index (κ3) is 3.14. The lowest BCUT2D eigenvalue weighted by Gasteiger charge is -2.31. The minimum absolute atomic E-state index is 0.171. The normalized spacial score (nSPS) is 29.3. The Bertz CT molecular complexity index is 392. The van der Waals surface area contributed by atoms with Gasteiger partial charge in [0.1, 0.15) is 5.82 Å². The Morgan fingerprint density at radius 3 is 2.88 bits per heavy atom. The van der Waals surface area contributed by atoms with E-state index in [1.807, 2.05) is 6.07 Å². The molecular weight excluding hydrogens is 258 g/mol. The molecule has 1 aliphatic carbocycles. The summed E-state index contributed by atoms with van der Waals surface area (Å²) in [4.78, 5) is 0. The molecule has 1 aromatic carbocycles. The smallest absolute Gasteiger partial charge is 0.144 e. The lowest BCUT2D eigenvalue weighted by Crippen LogP contribution is -2.26. The fourth-order valence-electron chi connectivity index (χ4n) is 2.66. The van der Waals surface area contributed by atoms with Crippen molar-refractivity contribution in [3.05, 3.63) is 34.6 Å². The molecule has 1 aliphatic rings. The van der Waals surface area contributed by atoms with Gasteiger partial charge in [-0.25, -0.2) is 4.39 Å². The van der Waals surface area contributed by atoms with Crippen LogP contribution in [-0.2, 0) is 6.42 Å². The predicted octanol–water partition coefficient (Wildman–Crippen LogP) is 5.07. The highest BCUT2D eigenvalue weighted by Crippen LogP contribution is 2.35. The van der Waals surface area contributed by atoms with Crippen molar-refractivity contribution >= 4 is 23.2 Å². The molecule has 0 heterocycles. The summed E-state index contributed by atoms with van der Waals surface area (Å²) in [6.45, 7) is 2.24. The zero-order chi connectivity index (χ0) is 12.4. The van der Waals surface area contributed by atoms with Gasteiger partial charge in [-0.15, -0.1) is 11.6 Å². The van der Waals surface area contributed by atoms with Crippen molar-refractivity contribution in [3.8, 4) is 0 Å². The highest BCUT2D eigenvalue weighted by molar-refractivity contribution is 6.30. The summed E-state index contributed by atoms with van der Waals surface area (Å²) in [6, 6.07) is 5.20. The van der Waals surface area contributed by atoms with Gasteiger partial charge in [-0.1, -0.05) is 30.7 Å². The molecule has 1 fully saturated rings. The van der Waals surface area contributed by atoms with Crippen LogP contribution in [0.25, 0.3) is 0 Å². The first-order valence-electron chi connectivity index (χ1n) is 6.15. The van der Waals surface area contributed by atoms with Gasteiger partial charge in [-0.2, -0.15) is 0 Å². The summed E-state index contributed by atoms with van der Waals surface area (Å²) >= 11 is 12.1. The molecule has 0 nitrogen and oxygen atoms in total. The molecule has 1 saturated carbocycles. The quantitative estimate of drug-likeness (QED) is 0.661. The highest BCUT2D eigenvalue weighted by Gasteiger charge is 2.28. The van der Waals surface area contributed by atoms with Crippen LogP contribution < -0.4 is 0 Å². The van der Waals surface area contributed by atoms with E-state index in [-0.39, 0.29) is 16.2 Å². The number of rotatable bonds is 2. The van der Waals surface area contributed by atoms with Crippen LogP contribution in [0.2, 0.25) is 5.02 Å². The molecule has 3 unspecified atom stereocenters. The standard InChI is InChI=1S/C14H17Cl2F/c1-9-5-6-12(15)11(7-9)8-10-3-2-4-13(16)14(10)17/h2-4,9,11-12H,5-8H2,1H3. The van der Waals surface area contributed by atoms with Gasteiger partial charge in [0.25, 0.3) is 0 Å². The van der Waals surface area contributed by atoms with E-state index in [1.165, 1.54) is 6.42 Å². The van der Waals surface area contributed by atoms with Crippen molar-refractivity contribution in [2.24, 2.45) is 11.8 Å².